The molecule has 4 heteroatoms. The quantitative estimate of drug-likeness (QED) is 0.617. The van der Waals surface area contributed by atoms with E-state index in [4.69, 9.17) is 4.74 Å². The number of hydrogen-bond acceptors (Lipinski definition) is 3. The van der Waals surface area contributed by atoms with Crippen LogP contribution < -0.4 is 10.1 Å². The molecule has 0 radical (unpaired) electrons. The number of carbonyl (C=O) groups excluding carboxylic acids is 2. The van der Waals surface area contributed by atoms with Crippen molar-refractivity contribution in [2.75, 3.05) is 6.54 Å². The van der Waals surface area contributed by atoms with E-state index in [1.165, 1.54) is 31.8 Å². The molecule has 1 aliphatic rings. The summed E-state index contributed by atoms with van der Waals surface area (Å²) >= 11 is 0. The van der Waals surface area contributed by atoms with Crippen molar-refractivity contribution < 1.29 is 14.3 Å². The largest absolute Gasteiger partial charge is 0.481 e. The summed E-state index contributed by atoms with van der Waals surface area (Å²) in [5, 5.41) is 2.92. The number of nitrogens with one attached hydrogen (secondary N) is 1. The predicted octanol–water partition coefficient (Wildman–Crippen LogP) is 3.66. The molecule has 0 spiro atoms. The summed E-state index contributed by atoms with van der Waals surface area (Å²) in [7, 11) is 0. The molecule has 0 saturated carbocycles. The zero-order valence-electron chi connectivity index (χ0n) is 13.9. The van der Waals surface area contributed by atoms with Gasteiger partial charge in [-0.3, -0.25) is 9.59 Å². The second kappa shape index (κ2) is 8.51. The molecule has 1 atom stereocenters. The highest BCUT2D eigenvalue weighted by molar-refractivity contribution is 5.94. The van der Waals surface area contributed by atoms with Crippen LogP contribution in [-0.4, -0.2) is 24.3 Å². The maximum atomic E-state index is 12.1. The van der Waals surface area contributed by atoms with Crippen molar-refractivity contribution in [3.05, 3.63) is 41.5 Å². The van der Waals surface area contributed by atoms with Crippen molar-refractivity contribution in [3.8, 4) is 5.75 Å². The van der Waals surface area contributed by atoms with Crippen LogP contribution in [0.3, 0.4) is 0 Å². The highest BCUT2D eigenvalue weighted by atomic mass is 16.5. The third-order valence-electron chi connectivity index (χ3n) is 4.07. The summed E-state index contributed by atoms with van der Waals surface area (Å²) in [5.74, 6) is 0.490. The normalized spacial score (nSPS) is 15.5. The van der Waals surface area contributed by atoms with E-state index in [0.717, 1.165) is 12.8 Å². The molecule has 2 rings (SSSR count). The Balaban J connectivity index is 1.75. The van der Waals surface area contributed by atoms with Gasteiger partial charge in [0.25, 0.3) is 5.91 Å². The Kier molecular flexibility index (Phi) is 6.39. The van der Waals surface area contributed by atoms with Crippen molar-refractivity contribution in [2.24, 2.45) is 0 Å². The van der Waals surface area contributed by atoms with Gasteiger partial charge in [0.1, 0.15) is 5.75 Å². The van der Waals surface area contributed by atoms with Crippen LogP contribution in [0.2, 0.25) is 0 Å². The Labute approximate surface area is 137 Å². The lowest BCUT2D eigenvalue weighted by atomic mass is 9.97. The maximum absolute atomic E-state index is 12.1. The van der Waals surface area contributed by atoms with Gasteiger partial charge in [0.2, 0.25) is 0 Å². The SMILES string of the molecule is CC(=O)c1ccc(O[C@@H](C)C(=O)NCCC2=CCCCC2)cc1. The van der Waals surface area contributed by atoms with Crippen LogP contribution >= 0.6 is 0 Å². The molecule has 124 valence electrons. The first kappa shape index (κ1) is 17.3. The van der Waals surface area contributed by atoms with Gasteiger partial charge in [-0.15, -0.1) is 0 Å². The van der Waals surface area contributed by atoms with E-state index in [0.29, 0.717) is 17.9 Å². The molecule has 0 unspecified atom stereocenters. The minimum atomic E-state index is -0.557. The van der Waals surface area contributed by atoms with Gasteiger partial charge in [-0.05, 0) is 70.2 Å². The van der Waals surface area contributed by atoms with Crippen LogP contribution in [-0.2, 0) is 4.79 Å². The van der Waals surface area contributed by atoms with Crippen LogP contribution in [0.25, 0.3) is 0 Å². The zero-order chi connectivity index (χ0) is 16.7. The molecule has 0 aliphatic heterocycles. The fraction of sp³-hybridized carbons (Fsp3) is 0.474. The van der Waals surface area contributed by atoms with Gasteiger partial charge in [0.05, 0.1) is 0 Å². The number of ether oxygens (including phenoxy) is 1. The third kappa shape index (κ3) is 5.55. The number of rotatable bonds is 7. The molecule has 1 amide bonds. The van der Waals surface area contributed by atoms with E-state index in [1.54, 1.807) is 31.2 Å². The Morgan fingerprint density at radius 1 is 1.22 bits per heavy atom. The summed E-state index contributed by atoms with van der Waals surface area (Å²) in [6, 6.07) is 6.84. The van der Waals surface area contributed by atoms with Crippen LogP contribution in [0.4, 0.5) is 0 Å². The fourth-order valence-electron chi connectivity index (χ4n) is 2.65. The van der Waals surface area contributed by atoms with Crippen molar-refractivity contribution in [2.45, 2.75) is 52.1 Å². The zero-order valence-corrected chi connectivity index (χ0v) is 13.9. The van der Waals surface area contributed by atoms with Gasteiger partial charge >= 0.3 is 0 Å². The van der Waals surface area contributed by atoms with Crippen molar-refractivity contribution in [1.82, 2.24) is 5.32 Å². The predicted molar refractivity (Wildman–Crippen MR) is 90.7 cm³/mol. The first-order valence-corrected chi connectivity index (χ1v) is 8.29. The molecule has 1 aromatic carbocycles. The smallest absolute Gasteiger partial charge is 0.260 e. The van der Waals surface area contributed by atoms with Gasteiger partial charge in [0, 0.05) is 12.1 Å². The van der Waals surface area contributed by atoms with E-state index in [9.17, 15) is 9.59 Å². The van der Waals surface area contributed by atoms with Gasteiger partial charge in [0.15, 0.2) is 11.9 Å². The van der Waals surface area contributed by atoms with Crippen LogP contribution in [0.15, 0.2) is 35.9 Å². The molecule has 23 heavy (non-hydrogen) atoms. The highest BCUT2D eigenvalue weighted by Crippen LogP contribution is 2.19. The van der Waals surface area contributed by atoms with Crippen LogP contribution in [0.1, 0.15) is 56.3 Å². The second-order valence-corrected chi connectivity index (χ2v) is 5.99. The number of Topliss-reactive ketones (excluding diaryl/α,β-unsaturated/α-hetero) is 1. The van der Waals surface area contributed by atoms with Crippen molar-refractivity contribution in [3.63, 3.8) is 0 Å². The Morgan fingerprint density at radius 2 is 1.96 bits per heavy atom. The molecule has 0 aromatic heterocycles. The van der Waals surface area contributed by atoms with Crippen LogP contribution in [0.5, 0.6) is 5.75 Å². The number of allylic oxidation sites excluding steroid dienone is 1. The van der Waals surface area contributed by atoms with Crippen LogP contribution in [0, 0.1) is 0 Å². The van der Waals surface area contributed by atoms with E-state index < -0.39 is 6.10 Å². The van der Waals surface area contributed by atoms with Gasteiger partial charge in [-0.1, -0.05) is 11.6 Å². The maximum Gasteiger partial charge on any atom is 0.260 e. The summed E-state index contributed by atoms with van der Waals surface area (Å²) in [4.78, 5) is 23.3. The van der Waals surface area contributed by atoms with Gasteiger partial charge in [-0.2, -0.15) is 0 Å². The first-order chi connectivity index (χ1) is 11.1. The van der Waals surface area contributed by atoms with E-state index in [1.807, 2.05) is 0 Å². The molecule has 1 aromatic rings. The first-order valence-electron chi connectivity index (χ1n) is 8.29. The standard InChI is InChI=1S/C19H25NO3/c1-14(21)17-8-10-18(11-9-17)23-15(2)19(22)20-13-12-16-6-4-3-5-7-16/h6,8-11,15H,3-5,7,12-13H2,1-2H3,(H,20,22)/t15-/m0/s1. The minimum absolute atomic E-state index is 0.0133. The average Bonchev–Trinajstić information content (AvgIpc) is 2.56. The van der Waals surface area contributed by atoms with Crippen molar-refractivity contribution in [1.29, 1.82) is 0 Å². The van der Waals surface area contributed by atoms with Crippen molar-refractivity contribution >= 4 is 11.7 Å². The lowest BCUT2D eigenvalue weighted by Crippen LogP contribution is -2.37. The molecule has 0 heterocycles. The average molecular weight is 315 g/mol. The summed E-state index contributed by atoms with van der Waals surface area (Å²) in [5.41, 5.74) is 2.08. The molecule has 4 nitrogen and oxygen atoms in total. The number of carbonyl (C=O) groups is 2. The lowest BCUT2D eigenvalue weighted by molar-refractivity contribution is -0.127. The molecule has 0 saturated heterocycles. The molecule has 0 fully saturated rings. The monoisotopic (exact) mass is 315 g/mol. The fourth-order valence-corrected chi connectivity index (χ4v) is 2.65. The number of amides is 1. The highest BCUT2D eigenvalue weighted by Gasteiger charge is 2.14. The van der Waals surface area contributed by atoms with E-state index in [-0.39, 0.29) is 11.7 Å². The number of hydrogen-bond donors (Lipinski definition) is 1. The third-order valence-corrected chi connectivity index (χ3v) is 4.07. The summed E-state index contributed by atoms with van der Waals surface area (Å²) in [6.07, 6.45) is 7.53. The Morgan fingerprint density at radius 3 is 2.57 bits per heavy atom. The topological polar surface area (TPSA) is 55.4 Å². The molecule has 0 bridgehead atoms. The van der Waals surface area contributed by atoms with E-state index in [2.05, 4.69) is 11.4 Å². The van der Waals surface area contributed by atoms with Gasteiger partial charge in [-0.25, -0.2) is 0 Å². The summed E-state index contributed by atoms with van der Waals surface area (Å²) in [6.45, 7) is 3.91. The Bertz CT molecular complexity index is 575. The molecule has 1 N–H and O–H groups in total. The molecular weight excluding hydrogens is 290 g/mol. The molecular formula is C19H25NO3. The second-order valence-electron chi connectivity index (χ2n) is 5.99. The molecule has 1 aliphatic carbocycles. The minimum Gasteiger partial charge on any atom is -0.481 e. The number of benzene rings is 1. The van der Waals surface area contributed by atoms with Gasteiger partial charge < -0.3 is 10.1 Å². The van der Waals surface area contributed by atoms with E-state index >= 15 is 0 Å². The lowest BCUT2D eigenvalue weighted by Gasteiger charge is -2.16. The number of ketones is 1. The summed E-state index contributed by atoms with van der Waals surface area (Å²) < 4.78 is 5.62. The Hall–Kier alpha value is -2.10.